The van der Waals surface area contributed by atoms with E-state index in [2.05, 4.69) is 75.9 Å². The number of amides is 1. The van der Waals surface area contributed by atoms with Crippen molar-refractivity contribution < 1.29 is 4.79 Å². The van der Waals surface area contributed by atoms with Crippen LogP contribution in [0.1, 0.15) is 69.2 Å². The molecule has 2 heterocycles. The van der Waals surface area contributed by atoms with E-state index in [1.165, 1.54) is 32.1 Å². The fraction of sp³-hybridized carbons (Fsp3) is 0.556. The Labute approximate surface area is 209 Å². The standard InChI is InChI=1S/C27H39N7O/c1-26(2,3)19-31-24-22(18-30-23(17-28)32-24)25(35)33-27(4,5)16-20-9-8-10-21(15-20)29-11-14-34-12-6-7-13-34/h8-10,15,18,29H,6-7,11-14,16,19H2,1-5H3,(H,33,35)(H,30,31,32). The first-order valence-corrected chi connectivity index (χ1v) is 12.4. The van der Waals surface area contributed by atoms with Gasteiger partial charge >= 0.3 is 0 Å². The van der Waals surface area contributed by atoms with E-state index < -0.39 is 5.54 Å². The van der Waals surface area contributed by atoms with Crippen LogP contribution >= 0.6 is 0 Å². The van der Waals surface area contributed by atoms with Crippen LogP contribution < -0.4 is 16.0 Å². The summed E-state index contributed by atoms with van der Waals surface area (Å²) >= 11 is 0. The summed E-state index contributed by atoms with van der Waals surface area (Å²) < 4.78 is 0. The maximum atomic E-state index is 13.2. The number of carbonyl (C=O) groups excluding carboxylic acids is 1. The first-order chi connectivity index (χ1) is 16.5. The van der Waals surface area contributed by atoms with Crippen LogP contribution in [0.3, 0.4) is 0 Å². The molecule has 1 saturated heterocycles. The fourth-order valence-corrected chi connectivity index (χ4v) is 4.17. The minimum absolute atomic E-state index is 0.0156. The summed E-state index contributed by atoms with van der Waals surface area (Å²) in [6, 6.07) is 10.3. The summed E-state index contributed by atoms with van der Waals surface area (Å²) in [6.45, 7) is 15.3. The van der Waals surface area contributed by atoms with Crippen molar-refractivity contribution in [3.8, 4) is 6.07 Å². The van der Waals surface area contributed by atoms with Crippen LogP contribution in [0.4, 0.5) is 11.5 Å². The van der Waals surface area contributed by atoms with Gasteiger partial charge in [-0.15, -0.1) is 0 Å². The molecule has 8 nitrogen and oxygen atoms in total. The summed E-state index contributed by atoms with van der Waals surface area (Å²) in [5, 5.41) is 19.1. The summed E-state index contributed by atoms with van der Waals surface area (Å²) in [6.07, 6.45) is 4.70. The van der Waals surface area contributed by atoms with Gasteiger partial charge in [-0.2, -0.15) is 5.26 Å². The molecular formula is C27H39N7O. The highest BCUT2D eigenvalue weighted by Gasteiger charge is 2.25. The molecule has 0 bridgehead atoms. The van der Waals surface area contributed by atoms with Gasteiger partial charge in [0.05, 0.1) is 0 Å². The second-order valence-corrected chi connectivity index (χ2v) is 11.2. The first kappa shape index (κ1) is 26.4. The molecule has 1 amide bonds. The number of rotatable bonds is 10. The SMILES string of the molecule is CC(C)(C)CNc1nc(C#N)ncc1C(=O)NC(C)(C)Cc1cccc(NCCN2CCCC2)c1. The van der Waals surface area contributed by atoms with Gasteiger partial charge < -0.3 is 20.9 Å². The van der Waals surface area contributed by atoms with Crippen molar-refractivity contribution >= 4 is 17.4 Å². The lowest BCUT2D eigenvalue weighted by Crippen LogP contribution is -2.45. The van der Waals surface area contributed by atoms with Crippen LogP contribution in [-0.2, 0) is 6.42 Å². The average molecular weight is 478 g/mol. The second kappa shape index (κ2) is 11.5. The molecule has 0 aliphatic carbocycles. The third-order valence-corrected chi connectivity index (χ3v) is 5.90. The zero-order valence-corrected chi connectivity index (χ0v) is 21.7. The van der Waals surface area contributed by atoms with E-state index >= 15 is 0 Å². The van der Waals surface area contributed by atoms with E-state index in [0.29, 0.717) is 24.3 Å². The van der Waals surface area contributed by atoms with Gasteiger partial charge in [-0.05, 0) is 69.3 Å². The van der Waals surface area contributed by atoms with Crippen molar-refractivity contribution in [2.45, 2.75) is 59.4 Å². The maximum Gasteiger partial charge on any atom is 0.257 e. The molecule has 1 aliphatic rings. The number of nitrogens with one attached hydrogen (secondary N) is 3. The van der Waals surface area contributed by atoms with Crippen LogP contribution in [-0.4, -0.2) is 59.0 Å². The van der Waals surface area contributed by atoms with Crippen molar-refractivity contribution in [1.82, 2.24) is 20.2 Å². The number of nitriles is 1. The van der Waals surface area contributed by atoms with E-state index in [-0.39, 0.29) is 17.1 Å². The molecule has 2 aromatic rings. The largest absolute Gasteiger partial charge is 0.384 e. The van der Waals surface area contributed by atoms with E-state index in [1.807, 2.05) is 19.9 Å². The molecule has 1 aromatic carbocycles. The molecule has 3 rings (SSSR count). The maximum absolute atomic E-state index is 13.2. The summed E-state index contributed by atoms with van der Waals surface area (Å²) in [7, 11) is 0. The Balaban J connectivity index is 1.63. The van der Waals surface area contributed by atoms with Gasteiger partial charge in [0.15, 0.2) is 0 Å². The number of aromatic nitrogens is 2. The molecule has 188 valence electrons. The van der Waals surface area contributed by atoms with Crippen molar-refractivity contribution in [2.24, 2.45) is 5.41 Å². The number of anilines is 2. The van der Waals surface area contributed by atoms with Gasteiger partial charge in [-0.25, -0.2) is 9.97 Å². The van der Waals surface area contributed by atoms with Gasteiger partial charge in [-0.1, -0.05) is 32.9 Å². The Morgan fingerprint density at radius 3 is 2.57 bits per heavy atom. The molecule has 1 aliphatic heterocycles. The number of benzene rings is 1. The lowest BCUT2D eigenvalue weighted by Gasteiger charge is -2.27. The molecule has 35 heavy (non-hydrogen) atoms. The normalized spacial score (nSPS) is 14.4. The van der Waals surface area contributed by atoms with Crippen molar-refractivity contribution in [3.05, 3.63) is 47.4 Å². The first-order valence-electron chi connectivity index (χ1n) is 12.4. The van der Waals surface area contributed by atoms with Gasteiger partial charge in [-0.3, -0.25) is 4.79 Å². The lowest BCUT2D eigenvalue weighted by atomic mass is 9.94. The van der Waals surface area contributed by atoms with Crippen molar-refractivity contribution in [3.63, 3.8) is 0 Å². The number of hydrogen-bond donors (Lipinski definition) is 3. The minimum Gasteiger partial charge on any atom is -0.384 e. The Morgan fingerprint density at radius 2 is 1.89 bits per heavy atom. The molecule has 0 radical (unpaired) electrons. The van der Waals surface area contributed by atoms with E-state index in [0.717, 1.165) is 24.3 Å². The predicted molar refractivity (Wildman–Crippen MR) is 141 cm³/mol. The summed E-state index contributed by atoms with van der Waals surface area (Å²) in [5.41, 5.74) is 2.05. The second-order valence-electron chi connectivity index (χ2n) is 11.2. The quantitative estimate of drug-likeness (QED) is 0.474. The third-order valence-electron chi connectivity index (χ3n) is 5.90. The Bertz CT molecular complexity index is 1050. The zero-order chi connectivity index (χ0) is 25.5. The van der Waals surface area contributed by atoms with Crippen molar-refractivity contribution in [1.29, 1.82) is 5.26 Å². The highest BCUT2D eigenvalue weighted by atomic mass is 16.1. The van der Waals surface area contributed by atoms with Crippen LogP contribution in [0.5, 0.6) is 0 Å². The molecule has 8 heteroatoms. The predicted octanol–water partition coefficient (Wildman–Crippen LogP) is 4.07. The Kier molecular flexibility index (Phi) is 8.68. The van der Waals surface area contributed by atoms with Crippen LogP contribution in [0, 0.1) is 16.7 Å². The van der Waals surface area contributed by atoms with Gasteiger partial charge in [0.25, 0.3) is 5.91 Å². The Hall–Kier alpha value is -3.18. The molecule has 0 unspecified atom stereocenters. The fourth-order valence-electron chi connectivity index (χ4n) is 4.17. The molecular weight excluding hydrogens is 438 g/mol. The lowest BCUT2D eigenvalue weighted by molar-refractivity contribution is 0.0913. The zero-order valence-electron chi connectivity index (χ0n) is 21.7. The van der Waals surface area contributed by atoms with Gasteiger partial charge in [0.2, 0.25) is 5.82 Å². The highest BCUT2D eigenvalue weighted by Crippen LogP contribution is 2.21. The number of likely N-dealkylation sites (tertiary alicyclic amines) is 1. The molecule has 0 atom stereocenters. The Morgan fingerprint density at radius 1 is 1.14 bits per heavy atom. The molecule has 0 saturated carbocycles. The average Bonchev–Trinajstić information content (AvgIpc) is 3.30. The molecule has 0 spiro atoms. The summed E-state index contributed by atoms with van der Waals surface area (Å²) in [5.74, 6) is 0.144. The molecule has 1 aromatic heterocycles. The van der Waals surface area contributed by atoms with Gasteiger partial charge in [0, 0.05) is 37.1 Å². The van der Waals surface area contributed by atoms with Crippen LogP contribution in [0.15, 0.2) is 30.5 Å². The highest BCUT2D eigenvalue weighted by molar-refractivity contribution is 5.98. The van der Waals surface area contributed by atoms with Crippen LogP contribution in [0.2, 0.25) is 0 Å². The van der Waals surface area contributed by atoms with E-state index in [4.69, 9.17) is 0 Å². The van der Waals surface area contributed by atoms with Crippen molar-refractivity contribution in [2.75, 3.05) is 43.4 Å². The van der Waals surface area contributed by atoms with Crippen LogP contribution in [0.25, 0.3) is 0 Å². The number of nitrogens with zero attached hydrogens (tertiary/aromatic N) is 4. The molecule has 1 fully saturated rings. The number of carbonyl (C=O) groups is 1. The summed E-state index contributed by atoms with van der Waals surface area (Å²) in [4.78, 5) is 24.0. The molecule has 3 N–H and O–H groups in total. The monoisotopic (exact) mass is 477 g/mol. The number of hydrogen-bond acceptors (Lipinski definition) is 7. The van der Waals surface area contributed by atoms with E-state index in [1.54, 1.807) is 0 Å². The minimum atomic E-state index is -0.500. The topological polar surface area (TPSA) is 106 Å². The third kappa shape index (κ3) is 8.52. The van der Waals surface area contributed by atoms with E-state index in [9.17, 15) is 10.1 Å². The smallest absolute Gasteiger partial charge is 0.257 e. The van der Waals surface area contributed by atoms with Gasteiger partial charge in [0.1, 0.15) is 17.5 Å².